The summed E-state index contributed by atoms with van der Waals surface area (Å²) in [4.78, 5) is 22.8. The van der Waals surface area contributed by atoms with Crippen LogP contribution in [0.3, 0.4) is 0 Å². The number of hydrogen-bond acceptors (Lipinski definition) is 6. The molecule has 0 aliphatic carbocycles. The molecule has 0 unspecified atom stereocenters. The number of nitrogens with two attached hydrogens (primary N) is 2. The van der Waals surface area contributed by atoms with Crippen LogP contribution in [0.4, 0.5) is 5.69 Å². The first-order chi connectivity index (χ1) is 7.52. The number of methoxy groups -OCH3 is 1. The maximum Gasteiger partial charge on any atom is 0.350 e. The molecule has 0 saturated carbocycles. The van der Waals surface area contributed by atoms with Gasteiger partial charge in [0.15, 0.2) is 0 Å². The summed E-state index contributed by atoms with van der Waals surface area (Å²) in [6.07, 6.45) is 0. The van der Waals surface area contributed by atoms with Crippen molar-refractivity contribution in [2.75, 3.05) is 18.6 Å². The van der Waals surface area contributed by atoms with Crippen molar-refractivity contribution in [2.24, 2.45) is 5.73 Å². The molecule has 0 aliphatic heterocycles. The van der Waals surface area contributed by atoms with Crippen LogP contribution in [0.2, 0.25) is 0 Å². The molecule has 1 aromatic rings. The second-order valence-electron chi connectivity index (χ2n) is 2.80. The summed E-state index contributed by atoms with van der Waals surface area (Å²) in [5, 5.41) is 0. The summed E-state index contributed by atoms with van der Waals surface area (Å²) in [6.45, 7) is 1.93. The van der Waals surface area contributed by atoms with Gasteiger partial charge in [-0.25, -0.2) is 4.79 Å². The van der Waals surface area contributed by atoms with E-state index in [1.165, 1.54) is 18.9 Å². The van der Waals surface area contributed by atoms with Crippen molar-refractivity contribution in [3.8, 4) is 0 Å². The number of hydrogen-bond donors (Lipinski definition) is 2. The van der Waals surface area contributed by atoms with Crippen molar-refractivity contribution < 1.29 is 14.3 Å². The minimum Gasteiger partial charge on any atom is -0.465 e. The van der Waals surface area contributed by atoms with E-state index in [0.717, 1.165) is 17.1 Å². The minimum absolute atomic E-state index is 0.111. The number of nitrogen functional groups attached to an aromatic ring is 1. The third kappa shape index (κ3) is 2.30. The van der Waals surface area contributed by atoms with Gasteiger partial charge in [-0.05, 0) is 5.75 Å². The van der Waals surface area contributed by atoms with Crippen molar-refractivity contribution >= 4 is 40.7 Å². The van der Waals surface area contributed by atoms with E-state index in [4.69, 9.17) is 11.5 Å². The molecule has 1 amide bonds. The molecule has 0 fully saturated rings. The molecular formula is C9H12N2O3S2. The van der Waals surface area contributed by atoms with Gasteiger partial charge in [-0.15, -0.1) is 23.1 Å². The van der Waals surface area contributed by atoms with Crippen LogP contribution in [-0.2, 0) is 4.74 Å². The third-order valence-electron chi connectivity index (χ3n) is 1.81. The predicted octanol–water partition coefficient (Wildman–Crippen LogP) is 1.33. The van der Waals surface area contributed by atoms with Crippen LogP contribution >= 0.6 is 23.1 Å². The van der Waals surface area contributed by atoms with Crippen molar-refractivity contribution in [2.45, 2.75) is 11.1 Å². The zero-order valence-corrected chi connectivity index (χ0v) is 10.5. The van der Waals surface area contributed by atoms with Crippen molar-refractivity contribution in [1.82, 2.24) is 0 Å². The number of anilines is 1. The summed E-state index contributed by atoms with van der Waals surface area (Å²) in [6, 6.07) is 0. The lowest BCUT2D eigenvalue weighted by Crippen LogP contribution is -2.14. The van der Waals surface area contributed by atoms with Crippen LogP contribution in [0.1, 0.15) is 27.0 Å². The topological polar surface area (TPSA) is 95.4 Å². The largest absolute Gasteiger partial charge is 0.465 e. The van der Waals surface area contributed by atoms with Gasteiger partial charge in [0.25, 0.3) is 5.91 Å². The van der Waals surface area contributed by atoms with E-state index in [1.807, 2.05) is 6.92 Å². The van der Waals surface area contributed by atoms with Crippen molar-refractivity contribution in [3.63, 3.8) is 0 Å². The average Bonchev–Trinajstić information content (AvgIpc) is 2.55. The minimum atomic E-state index is -0.625. The van der Waals surface area contributed by atoms with E-state index < -0.39 is 11.9 Å². The molecule has 0 saturated heterocycles. The second kappa shape index (κ2) is 5.22. The van der Waals surface area contributed by atoms with E-state index in [1.54, 1.807) is 0 Å². The zero-order valence-electron chi connectivity index (χ0n) is 8.90. The predicted molar refractivity (Wildman–Crippen MR) is 65.0 cm³/mol. The van der Waals surface area contributed by atoms with Gasteiger partial charge in [-0.3, -0.25) is 4.79 Å². The number of rotatable bonds is 4. The summed E-state index contributed by atoms with van der Waals surface area (Å²) < 4.78 is 5.23. The van der Waals surface area contributed by atoms with Gasteiger partial charge in [0.2, 0.25) is 0 Å². The maximum atomic E-state index is 11.4. The molecular weight excluding hydrogens is 248 g/mol. The fourth-order valence-electron chi connectivity index (χ4n) is 1.13. The molecule has 0 aromatic carbocycles. The van der Waals surface area contributed by atoms with Crippen molar-refractivity contribution in [3.05, 3.63) is 10.4 Å². The van der Waals surface area contributed by atoms with Gasteiger partial charge in [0, 0.05) is 0 Å². The Balaban J connectivity index is 3.29. The van der Waals surface area contributed by atoms with Gasteiger partial charge in [0.05, 0.1) is 22.6 Å². The van der Waals surface area contributed by atoms with Crippen LogP contribution in [0.5, 0.6) is 0 Å². The lowest BCUT2D eigenvalue weighted by molar-refractivity contribution is 0.0607. The molecule has 5 nitrogen and oxygen atoms in total. The van der Waals surface area contributed by atoms with Crippen LogP contribution < -0.4 is 11.5 Å². The van der Waals surface area contributed by atoms with E-state index in [2.05, 4.69) is 4.74 Å². The Morgan fingerprint density at radius 2 is 2.12 bits per heavy atom. The van der Waals surface area contributed by atoms with Gasteiger partial charge < -0.3 is 16.2 Å². The highest BCUT2D eigenvalue weighted by atomic mass is 32.2. The molecule has 16 heavy (non-hydrogen) atoms. The van der Waals surface area contributed by atoms with Crippen LogP contribution in [0, 0.1) is 0 Å². The zero-order chi connectivity index (χ0) is 12.3. The van der Waals surface area contributed by atoms with E-state index in [0.29, 0.717) is 4.21 Å². The maximum absolute atomic E-state index is 11.4. The van der Waals surface area contributed by atoms with E-state index in [9.17, 15) is 9.59 Å². The number of esters is 1. The fourth-order valence-corrected chi connectivity index (χ4v) is 3.47. The van der Waals surface area contributed by atoms with Gasteiger partial charge in [-0.1, -0.05) is 6.92 Å². The molecule has 0 bridgehead atoms. The number of thiophene rings is 1. The molecule has 1 heterocycles. The molecule has 0 atom stereocenters. The Hall–Kier alpha value is -1.21. The first kappa shape index (κ1) is 12.9. The van der Waals surface area contributed by atoms with Gasteiger partial charge >= 0.3 is 5.97 Å². The summed E-state index contributed by atoms with van der Waals surface area (Å²) in [5.74, 6) is -0.409. The Morgan fingerprint density at radius 1 is 1.50 bits per heavy atom. The number of primary amides is 1. The highest BCUT2D eigenvalue weighted by Crippen LogP contribution is 2.38. The Labute approximate surface area is 101 Å². The lowest BCUT2D eigenvalue weighted by Gasteiger charge is -1.98. The number of carbonyl (C=O) groups is 2. The second-order valence-corrected chi connectivity index (χ2v) is 5.35. The monoisotopic (exact) mass is 260 g/mol. The number of ether oxygens (including phenoxy) is 1. The first-order valence-electron chi connectivity index (χ1n) is 4.46. The highest BCUT2D eigenvalue weighted by molar-refractivity contribution is 8.01. The molecule has 0 spiro atoms. The first-order valence-corrected chi connectivity index (χ1v) is 6.26. The average molecular weight is 260 g/mol. The number of amides is 1. The lowest BCUT2D eigenvalue weighted by atomic mass is 10.2. The standard InChI is InChI=1S/C9H12N2O3S2/c1-3-15-9-4(7(11)12)5(10)6(16-9)8(13)14-2/h3,10H2,1-2H3,(H2,11,12). The summed E-state index contributed by atoms with van der Waals surface area (Å²) in [7, 11) is 1.26. The molecule has 88 valence electrons. The molecule has 4 N–H and O–H groups in total. The number of carbonyl (C=O) groups excluding carboxylic acids is 2. The molecule has 1 aromatic heterocycles. The Kier molecular flexibility index (Phi) is 4.19. The van der Waals surface area contributed by atoms with E-state index >= 15 is 0 Å². The highest BCUT2D eigenvalue weighted by Gasteiger charge is 2.24. The molecule has 1 rings (SSSR count). The van der Waals surface area contributed by atoms with Crippen molar-refractivity contribution in [1.29, 1.82) is 0 Å². The third-order valence-corrected chi connectivity index (χ3v) is 4.14. The SMILES string of the molecule is CCSc1sc(C(=O)OC)c(N)c1C(N)=O. The van der Waals surface area contributed by atoms with Crippen LogP contribution in [-0.4, -0.2) is 24.7 Å². The number of thioether (sulfide) groups is 1. The van der Waals surface area contributed by atoms with Crippen LogP contribution in [0.25, 0.3) is 0 Å². The Bertz CT molecular complexity index is 429. The Morgan fingerprint density at radius 3 is 2.56 bits per heavy atom. The quantitative estimate of drug-likeness (QED) is 0.629. The summed E-state index contributed by atoms with van der Waals surface area (Å²) >= 11 is 2.56. The molecule has 0 aliphatic rings. The summed E-state index contributed by atoms with van der Waals surface area (Å²) in [5.41, 5.74) is 11.3. The molecule has 7 heteroatoms. The normalized spacial score (nSPS) is 10.1. The smallest absolute Gasteiger partial charge is 0.350 e. The molecule has 0 radical (unpaired) electrons. The van der Waals surface area contributed by atoms with Crippen LogP contribution in [0.15, 0.2) is 4.21 Å². The fraction of sp³-hybridized carbons (Fsp3) is 0.333. The van der Waals surface area contributed by atoms with Gasteiger partial charge in [0.1, 0.15) is 4.88 Å². The van der Waals surface area contributed by atoms with E-state index in [-0.39, 0.29) is 16.1 Å². The van der Waals surface area contributed by atoms with Gasteiger partial charge in [-0.2, -0.15) is 0 Å².